The third-order valence-corrected chi connectivity index (χ3v) is 8.83. The van der Waals surface area contributed by atoms with E-state index in [-0.39, 0.29) is 36.5 Å². The first-order valence-electron chi connectivity index (χ1n) is 16.5. The number of pyridine rings is 1. The molecule has 0 aliphatic carbocycles. The molecule has 2 atom stereocenters. The molecule has 9 heteroatoms. The molecule has 0 bridgehead atoms. The quantitative estimate of drug-likeness (QED) is 0.219. The number of carbonyl (C=O) groups excluding carboxylic acids is 4. The molecular formula is C39H39N5O4. The number of rotatable bonds is 10. The van der Waals surface area contributed by atoms with E-state index in [0.29, 0.717) is 43.0 Å². The monoisotopic (exact) mass is 641 g/mol. The summed E-state index contributed by atoms with van der Waals surface area (Å²) in [7, 11) is 0. The molecule has 3 aromatic carbocycles. The number of aromatic nitrogens is 1. The fourth-order valence-corrected chi connectivity index (χ4v) is 6.31. The van der Waals surface area contributed by atoms with Crippen LogP contribution in [0, 0.1) is 0 Å². The van der Waals surface area contributed by atoms with Crippen LogP contribution in [-0.4, -0.2) is 63.6 Å². The van der Waals surface area contributed by atoms with Crippen LogP contribution >= 0.6 is 0 Å². The third kappa shape index (κ3) is 8.22. The van der Waals surface area contributed by atoms with Gasteiger partial charge in [-0.2, -0.15) is 0 Å². The molecule has 1 aromatic heterocycles. The molecule has 0 radical (unpaired) electrons. The van der Waals surface area contributed by atoms with Crippen molar-refractivity contribution in [1.82, 2.24) is 14.8 Å². The average molecular weight is 642 g/mol. The molecule has 2 N–H and O–H groups in total. The standard InChI is InChI=1S/C39H39N5O4/c45-36(26-30-8-2-1-3-9-30)43-24-6-11-34(43)38(47)41-31-19-15-28(16-20-31)13-14-29-17-21-32(22-18-29)42-39(48)35-12-7-25-44(35)37(46)27-33-10-4-5-23-40-33/h1-5,8-10,13-23,34-35H,6-7,11-12,24-27H2,(H,41,47)(H,42,48)/t34-,35-/m0/s1. The van der Waals surface area contributed by atoms with Gasteiger partial charge in [0.05, 0.1) is 12.8 Å². The van der Waals surface area contributed by atoms with Crippen LogP contribution in [0.2, 0.25) is 0 Å². The number of hydrogen-bond acceptors (Lipinski definition) is 5. The number of benzene rings is 3. The number of hydrogen-bond donors (Lipinski definition) is 2. The molecule has 2 aliphatic rings. The van der Waals surface area contributed by atoms with E-state index in [1.54, 1.807) is 16.0 Å². The molecular weight excluding hydrogens is 602 g/mol. The van der Waals surface area contributed by atoms with Crippen molar-refractivity contribution in [3.05, 3.63) is 126 Å². The SMILES string of the molecule is O=C(Nc1ccc(C=Cc2ccc(NC(=O)[C@@H]3CCCN3C(=O)Cc3ccccn3)cc2)cc1)[C@@H]1CCCN1C(=O)Cc1ccccc1. The van der Waals surface area contributed by atoms with Gasteiger partial charge in [-0.1, -0.05) is 72.8 Å². The number of likely N-dealkylation sites (tertiary alicyclic amines) is 2. The van der Waals surface area contributed by atoms with Crippen LogP contribution in [0.1, 0.15) is 48.1 Å². The van der Waals surface area contributed by atoms with E-state index in [1.807, 2.05) is 109 Å². The summed E-state index contributed by atoms with van der Waals surface area (Å²) in [5.74, 6) is -0.467. The Balaban J connectivity index is 0.985. The van der Waals surface area contributed by atoms with Crippen molar-refractivity contribution in [1.29, 1.82) is 0 Å². The van der Waals surface area contributed by atoms with E-state index >= 15 is 0 Å². The minimum absolute atomic E-state index is 0.0285. The summed E-state index contributed by atoms with van der Waals surface area (Å²) >= 11 is 0. The molecule has 2 fully saturated rings. The van der Waals surface area contributed by atoms with Crippen molar-refractivity contribution in [2.75, 3.05) is 23.7 Å². The minimum Gasteiger partial charge on any atom is -0.330 e. The predicted molar refractivity (Wildman–Crippen MR) is 187 cm³/mol. The molecule has 4 aromatic rings. The van der Waals surface area contributed by atoms with E-state index in [2.05, 4.69) is 15.6 Å². The van der Waals surface area contributed by atoms with E-state index in [4.69, 9.17) is 0 Å². The number of anilines is 2. The van der Waals surface area contributed by atoms with E-state index < -0.39 is 12.1 Å². The Hall–Kier alpha value is -5.57. The fourth-order valence-electron chi connectivity index (χ4n) is 6.31. The van der Waals surface area contributed by atoms with Gasteiger partial charge in [0.2, 0.25) is 23.6 Å². The fraction of sp³-hybridized carbons (Fsp3) is 0.256. The first kappa shape index (κ1) is 32.4. The van der Waals surface area contributed by atoms with Crippen molar-refractivity contribution in [2.45, 2.75) is 50.6 Å². The van der Waals surface area contributed by atoms with Gasteiger partial charge in [-0.05, 0) is 78.8 Å². The van der Waals surface area contributed by atoms with Gasteiger partial charge in [-0.3, -0.25) is 24.2 Å². The van der Waals surface area contributed by atoms with E-state index in [0.717, 1.165) is 29.5 Å². The maximum Gasteiger partial charge on any atom is 0.247 e. The zero-order valence-corrected chi connectivity index (χ0v) is 26.8. The zero-order chi connectivity index (χ0) is 33.3. The molecule has 0 spiro atoms. The molecule has 4 amide bonds. The average Bonchev–Trinajstić information content (AvgIpc) is 3.81. The highest BCUT2D eigenvalue weighted by Crippen LogP contribution is 2.23. The van der Waals surface area contributed by atoms with Crippen LogP contribution in [0.4, 0.5) is 11.4 Å². The van der Waals surface area contributed by atoms with Crippen molar-refractivity contribution in [3.63, 3.8) is 0 Å². The molecule has 48 heavy (non-hydrogen) atoms. The number of amides is 4. The summed E-state index contributed by atoms with van der Waals surface area (Å²) in [5, 5.41) is 5.95. The molecule has 244 valence electrons. The lowest BCUT2D eigenvalue weighted by molar-refractivity contribution is -0.136. The van der Waals surface area contributed by atoms with Crippen molar-refractivity contribution >= 4 is 47.2 Å². The molecule has 0 unspecified atom stereocenters. The molecule has 9 nitrogen and oxygen atoms in total. The Morgan fingerprint density at radius 2 is 1.12 bits per heavy atom. The minimum atomic E-state index is -0.493. The normalized spacial score (nSPS) is 17.4. The van der Waals surface area contributed by atoms with Crippen LogP contribution in [0.5, 0.6) is 0 Å². The Morgan fingerprint density at radius 1 is 0.625 bits per heavy atom. The van der Waals surface area contributed by atoms with Gasteiger partial charge in [0.25, 0.3) is 0 Å². The van der Waals surface area contributed by atoms with E-state index in [1.165, 1.54) is 0 Å². The highest BCUT2D eigenvalue weighted by atomic mass is 16.2. The molecule has 0 saturated carbocycles. The molecule has 2 aliphatic heterocycles. The maximum atomic E-state index is 13.1. The second-order valence-electron chi connectivity index (χ2n) is 12.2. The molecule has 6 rings (SSSR count). The molecule has 3 heterocycles. The van der Waals surface area contributed by atoms with Gasteiger partial charge >= 0.3 is 0 Å². The molecule has 2 saturated heterocycles. The first-order chi connectivity index (χ1) is 23.4. The summed E-state index contributed by atoms with van der Waals surface area (Å²) in [4.78, 5) is 59.6. The highest BCUT2D eigenvalue weighted by molar-refractivity contribution is 5.98. The van der Waals surface area contributed by atoms with Crippen molar-refractivity contribution < 1.29 is 19.2 Å². The zero-order valence-electron chi connectivity index (χ0n) is 26.8. The number of nitrogens with one attached hydrogen (secondary N) is 2. The summed E-state index contributed by atoms with van der Waals surface area (Å²) in [6.45, 7) is 1.16. The number of carbonyl (C=O) groups is 4. The lowest BCUT2D eigenvalue weighted by Gasteiger charge is -2.24. The van der Waals surface area contributed by atoms with Gasteiger partial charge in [-0.15, -0.1) is 0 Å². The topological polar surface area (TPSA) is 112 Å². The lowest BCUT2D eigenvalue weighted by Crippen LogP contribution is -2.43. The van der Waals surface area contributed by atoms with Gasteiger partial charge in [0, 0.05) is 36.4 Å². The Kier molecular flexibility index (Phi) is 10.4. The van der Waals surface area contributed by atoms with Crippen LogP contribution < -0.4 is 10.6 Å². The van der Waals surface area contributed by atoms with Crippen molar-refractivity contribution in [2.24, 2.45) is 0 Å². The van der Waals surface area contributed by atoms with Crippen LogP contribution in [0.15, 0.2) is 103 Å². The van der Waals surface area contributed by atoms with Crippen molar-refractivity contribution in [3.8, 4) is 0 Å². The third-order valence-electron chi connectivity index (χ3n) is 8.83. The van der Waals surface area contributed by atoms with Crippen LogP contribution in [0.3, 0.4) is 0 Å². The Morgan fingerprint density at radius 3 is 1.62 bits per heavy atom. The summed E-state index contributed by atoms with van der Waals surface area (Å²) in [5.41, 5.74) is 4.91. The van der Waals surface area contributed by atoms with E-state index in [9.17, 15) is 19.2 Å². The van der Waals surface area contributed by atoms with Gasteiger partial charge in [0.15, 0.2) is 0 Å². The second kappa shape index (κ2) is 15.3. The highest BCUT2D eigenvalue weighted by Gasteiger charge is 2.35. The first-order valence-corrected chi connectivity index (χ1v) is 16.5. The smallest absolute Gasteiger partial charge is 0.247 e. The lowest BCUT2D eigenvalue weighted by atomic mass is 10.1. The largest absolute Gasteiger partial charge is 0.330 e. The van der Waals surface area contributed by atoms with Gasteiger partial charge in [0.1, 0.15) is 12.1 Å². The van der Waals surface area contributed by atoms with Crippen LogP contribution in [-0.2, 0) is 32.0 Å². The van der Waals surface area contributed by atoms with Gasteiger partial charge in [-0.25, -0.2) is 0 Å². The predicted octanol–water partition coefficient (Wildman–Crippen LogP) is 5.60. The second-order valence-corrected chi connectivity index (χ2v) is 12.2. The summed E-state index contributed by atoms with van der Waals surface area (Å²) < 4.78 is 0. The Labute approximate surface area is 280 Å². The Bertz CT molecular complexity index is 1630. The maximum absolute atomic E-state index is 13.1. The van der Waals surface area contributed by atoms with Crippen LogP contribution in [0.25, 0.3) is 12.2 Å². The summed E-state index contributed by atoms with van der Waals surface area (Å²) in [6.07, 6.45) is 8.97. The summed E-state index contributed by atoms with van der Waals surface area (Å²) in [6, 6.07) is 29.2. The number of nitrogens with zero attached hydrogens (tertiary/aromatic N) is 3. The van der Waals surface area contributed by atoms with Gasteiger partial charge < -0.3 is 20.4 Å².